The maximum Gasteiger partial charge on any atom is 0.229 e. The van der Waals surface area contributed by atoms with Crippen molar-refractivity contribution in [2.75, 3.05) is 13.1 Å². The van der Waals surface area contributed by atoms with Crippen LogP contribution in [-0.2, 0) is 0 Å². The molecule has 1 aromatic rings. The maximum atomic E-state index is 12.1. The van der Waals surface area contributed by atoms with Crippen molar-refractivity contribution in [1.29, 1.82) is 0 Å². The minimum absolute atomic E-state index is 0.162. The molecule has 80 valence electrons. The van der Waals surface area contributed by atoms with Crippen molar-refractivity contribution >= 4 is 27.5 Å². The van der Waals surface area contributed by atoms with Gasteiger partial charge in [-0.15, -0.1) is 0 Å². The average molecular weight is 279 g/mol. The van der Waals surface area contributed by atoms with Crippen LogP contribution in [0.25, 0.3) is 0 Å². The molecule has 0 radical (unpaired) electrons. The highest BCUT2D eigenvalue weighted by atomic mass is 79.9. The number of fused-ring (bicyclic) bond motifs is 1. The normalized spacial score (nSPS) is 18.9. The number of Topliss-reactive ketones (excluding diaryl/α,β-unsaturated/α-hetero) is 2. The second-order valence-corrected chi connectivity index (χ2v) is 4.50. The quantitative estimate of drug-likeness (QED) is 0.729. The van der Waals surface area contributed by atoms with Crippen LogP contribution in [0.5, 0.6) is 0 Å². The summed E-state index contributed by atoms with van der Waals surface area (Å²) in [4.78, 5) is 29.9. The van der Waals surface area contributed by atoms with E-state index in [4.69, 9.17) is 0 Å². The smallest absolute Gasteiger partial charge is 0.229 e. The van der Waals surface area contributed by atoms with Crippen molar-refractivity contribution in [1.82, 2.24) is 9.88 Å². The summed E-state index contributed by atoms with van der Waals surface area (Å²) >= 11 is 3.21. The van der Waals surface area contributed by atoms with Gasteiger partial charge in [0.25, 0.3) is 0 Å². The monoisotopic (exact) mass is 278 g/mol. The molecule has 5 heteroatoms. The van der Waals surface area contributed by atoms with E-state index in [0.29, 0.717) is 15.7 Å². The first-order valence-electron chi connectivity index (χ1n) is 4.89. The Balaban J connectivity index is 2.21. The number of rotatable bonds is 1. The van der Waals surface area contributed by atoms with Gasteiger partial charge in [-0.3, -0.25) is 14.6 Å². The van der Waals surface area contributed by atoms with Crippen LogP contribution in [0.15, 0.2) is 28.5 Å². The zero-order valence-electron chi connectivity index (χ0n) is 8.24. The fraction of sp³-hybridized carbons (Fsp3) is 0.182. The lowest BCUT2D eigenvalue weighted by Crippen LogP contribution is -2.24. The minimum atomic E-state index is -0.167. The SMILES string of the molecule is O=C1C(Br)=C(N2CC2)C(=O)c2ncccc21. The molecule has 0 saturated carbocycles. The van der Waals surface area contributed by atoms with Gasteiger partial charge in [-0.1, -0.05) is 0 Å². The number of hydrogen-bond acceptors (Lipinski definition) is 4. The van der Waals surface area contributed by atoms with Crippen LogP contribution in [0.3, 0.4) is 0 Å². The summed E-state index contributed by atoms with van der Waals surface area (Å²) in [6, 6.07) is 3.29. The zero-order chi connectivity index (χ0) is 11.3. The Kier molecular flexibility index (Phi) is 1.97. The maximum absolute atomic E-state index is 12.1. The van der Waals surface area contributed by atoms with E-state index in [0.717, 1.165) is 13.1 Å². The molecule has 2 heterocycles. The highest BCUT2D eigenvalue weighted by molar-refractivity contribution is 9.12. The van der Waals surface area contributed by atoms with Crippen LogP contribution >= 0.6 is 15.9 Å². The van der Waals surface area contributed by atoms with E-state index >= 15 is 0 Å². The van der Waals surface area contributed by atoms with Gasteiger partial charge < -0.3 is 4.90 Å². The van der Waals surface area contributed by atoms with Gasteiger partial charge in [-0.05, 0) is 28.1 Å². The number of hydrogen-bond donors (Lipinski definition) is 0. The first-order chi connectivity index (χ1) is 7.70. The minimum Gasteiger partial charge on any atom is -0.364 e. The summed E-state index contributed by atoms with van der Waals surface area (Å²) in [6.07, 6.45) is 1.53. The van der Waals surface area contributed by atoms with E-state index in [1.165, 1.54) is 6.20 Å². The third-order valence-electron chi connectivity index (χ3n) is 2.65. The zero-order valence-corrected chi connectivity index (χ0v) is 9.82. The molecule has 16 heavy (non-hydrogen) atoms. The summed E-state index contributed by atoms with van der Waals surface area (Å²) in [7, 11) is 0. The molecule has 4 nitrogen and oxygen atoms in total. The molecule has 2 aliphatic rings. The molecule has 0 aromatic carbocycles. The van der Waals surface area contributed by atoms with E-state index in [1.54, 1.807) is 12.1 Å². The summed E-state index contributed by atoms with van der Waals surface area (Å²) in [5.74, 6) is -0.329. The Hall–Kier alpha value is -1.49. The van der Waals surface area contributed by atoms with Gasteiger partial charge in [0.05, 0.1) is 10.0 Å². The summed E-state index contributed by atoms with van der Waals surface area (Å²) in [5, 5.41) is 0. The molecule has 0 unspecified atom stereocenters. The molecule has 0 atom stereocenters. The first kappa shape index (κ1) is 9.72. The molecule has 0 amide bonds. The molecular formula is C11H7BrN2O2. The average Bonchev–Trinajstić information content (AvgIpc) is 3.11. The standard InChI is InChI=1S/C11H7BrN2O2/c12-7-9(14-4-5-14)11(16)8-6(10(7)15)2-1-3-13-8/h1-3H,4-5H2. The van der Waals surface area contributed by atoms with Crippen LogP contribution in [0, 0.1) is 0 Å². The van der Waals surface area contributed by atoms with Crippen molar-refractivity contribution in [3.63, 3.8) is 0 Å². The van der Waals surface area contributed by atoms with Crippen molar-refractivity contribution in [3.05, 3.63) is 39.8 Å². The summed E-state index contributed by atoms with van der Waals surface area (Å²) in [6.45, 7) is 1.65. The van der Waals surface area contributed by atoms with Gasteiger partial charge in [-0.25, -0.2) is 0 Å². The fourth-order valence-electron chi connectivity index (χ4n) is 1.76. The van der Waals surface area contributed by atoms with E-state index in [-0.39, 0.29) is 17.3 Å². The van der Waals surface area contributed by atoms with E-state index < -0.39 is 0 Å². The largest absolute Gasteiger partial charge is 0.364 e. The number of halogens is 1. The molecule has 1 saturated heterocycles. The van der Waals surface area contributed by atoms with Gasteiger partial charge in [0.15, 0.2) is 0 Å². The predicted octanol–water partition coefficient (Wildman–Crippen LogP) is 1.38. The molecular weight excluding hydrogens is 272 g/mol. The number of carbonyl (C=O) groups excluding carboxylic acids is 2. The molecule has 3 rings (SSSR count). The van der Waals surface area contributed by atoms with Crippen LogP contribution in [0.4, 0.5) is 0 Å². The number of nitrogens with zero attached hydrogens (tertiary/aromatic N) is 2. The Morgan fingerprint density at radius 3 is 2.69 bits per heavy atom. The third kappa shape index (κ3) is 1.24. The lowest BCUT2D eigenvalue weighted by molar-refractivity contribution is 0.0963. The van der Waals surface area contributed by atoms with Crippen LogP contribution in [0.1, 0.15) is 20.8 Å². The fourth-order valence-corrected chi connectivity index (χ4v) is 2.41. The number of aromatic nitrogens is 1. The second kappa shape index (κ2) is 3.25. The number of allylic oxidation sites excluding steroid dienone is 2. The highest BCUT2D eigenvalue weighted by Gasteiger charge is 2.38. The van der Waals surface area contributed by atoms with Crippen LogP contribution < -0.4 is 0 Å². The van der Waals surface area contributed by atoms with Crippen molar-refractivity contribution in [2.24, 2.45) is 0 Å². The topological polar surface area (TPSA) is 50.0 Å². The van der Waals surface area contributed by atoms with Gasteiger partial charge in [0.1, 0.15) is 11.4 Å². The molecule has 1 aliphatic heterocycles. The number of carbonyl (C=O) groups is 2. The Morgan fingerprint density at radius 1 is 1.25 bits per heavy atom. The van der Waals surface area contributed by atoms with Gasteiger partial charge in [-0.2, -0.15) is 0 Å². The first-order valence-corrected chi connectivity index (χ1v) is 5.68. The van der Waals surface area contributed by atoms with Crippen LogP contribution in [0.2, 0.25) is 0 Å². The summed E-state index contributed by atoms with van der Waals surface area (Å²) in [5.41, 5.74) is 1.10. The molecule has 0 bridgehead atoms. The number of pyridine rings is 1. The lowest BCUT2D eigenvalue weighted by Gasteiger charge is -2.17. The van der Waals surface area contributed by atoms with Crippen molar-refractivity contribution in [3.8, 4) is 0 Å². The molecule has 1 aliphatic carbocycles. The summed E-state index contributed by atoms with van der Waals surface area (Å²) < 4.78 is 0.357. The number of ketones is 2. The van der Waals surface area contributed by atoms with E-state index in [9.17, 15) is 9.59 Å². The molecule has 1 aromatic heterocycles. The van der Waals surface area contributed by atoms with Crippen LogP contribution in [-0.4, -0.2) is 34.5 Å². The van der Waals surface area contributed by atoms with E-state index in [2.05, 4.69) is 20.9 Å². The highest BCUT2D eigenvalue weighted by Crippen LogP contribution is 2.32. The van der Waals surface area contributed by atoms with Gasteiger partial charge in [0.2, 0.25) is 11.6 Å². The Bertz CT molecular complexity index is 547. The molecule has 1 fully saturated rings. The molecule has 0 N–H and O–H groups in total. The van der Waals surface area contributed by atoms with Crippen molar-refractivity contribution < 1.29 is 9.59 Å². The van der Waals surface area contributed by atoms with E-state index in [1.807, 2.05) is 4.90 Å². The van der Waals surface area contributed by atoms with Crippen molar-refractivity contribution in [2.45, 2.75) is 0 Å². The second-order valence-electron chi connectivity index (χ2n) is 3.71. The Morgan fingerprint density at radius 2 is 2.00 bits per heavy atom. The Labute approximate surface area is 100 Å². The lowest BCUT2D eigenvalue weighted by atomic mass is 9.97. The third-order valence-corrected chi connectivity index (χ3v) is 3.39. The van der Waals surface area contributed by atoms with Gasteiger partial charge >= 0.3 is 0 Å². The molecule has 0 spiro atoms. The van der Waals surface area contributed by atoms with Gasteiger partial charge in [0, 0.05) is 19.3 Å². The predicted molar refractivity (Wildman–Crippen MR) is 60.4 cm³/mol.